The Morgan fingerprint density at radius 1 is 1.80 bits per heavy atom. The van der Waals surface area contributed by atoms with E-state index in [4.69, 9.17) is 0 Å². The van der Waals surface area contributed by atoms with Crippen molar-refractivity contribution in [3.8, 4) is 0 Å². The van der Waals surface area contributed by atoms with Crippen molar-refractivity contribution in [1.29, 1.82) is 0 Å². The minimum absolute atomic E-state index is 1.51. The summed E-state index contributed by atoms with van der Waals surface area (Å²) in [5, 5.41) is 3.35. The standard InChI is InChI=1S/CHB2NO/c1-2-3-5-4-1/h1H. The van der Waals surface area contributed by atoms with Crippen molar-refractivity contribution in [1.82, 2.24) is 5.16 Å². The summed E-state index contributed by atoms with van der Waals surface area (Å²) in [5.41, 5.74) is 0. The van der Waals surface area contributed by atoms with Gasteiger partial charge in [0.1, 0.15) is 0 Å². The Kier molecular flexibility index (Phi) is 0.648. The van der Waals surface area contributed by atoms with Crippen LogP contribution >= 0.6 is 0 Å². The Bertz CT molecular complexity index is 66.1. The van der Waals surface area contributed by atoms with Gasteiger partial charge in [-0.2, -0.15) is 0 Å². The molecule has 0 spiro atoms. The zero-order valence-corrected chi connectivity index (χ0v) is 2.59. The van der Waals surface area contributed by atoms with Crippen molar-refractivity contribution in [2.45, 2.75) is 0 Å². The van der Waals surface area contributed by atoms with Gasteiger partial charge in [0, 0.05) is 0 Å². The number of hydrogen-bond donors (Lipinski definition) is 0. The molecule has 1 heterocycles. The van der Waals surface area contributed by atoms with E-state index in [9.17, 15) is 0 Å². The van der Waals surface area contributed by atoms with Crippen LogP contribution in [0.1, 0.15) is 0 Å². The Hall–Kier alpha value is -0.400. The van der Waals surface area contributed by atoms with Gasteiger partial charge in [-0.05, 0) is 0 Å². The Morgan fingerprint density at radius 3 is 3.00 bits per heavy atom. The minimum atomic E-state index is 1.51. The van der Waals surface area contributed by atoms with Crippen LogP contribution in [-0.2, 0) is 0 Å². The first-order valence-corrected chi connectivity index (χ1v) is 1.34. The van der Waals surface area contributed by atoms with Crippen molar-refractivity contribution >= 4 is 13.8 Å². The fraction of sp³-hybridized carbons (Fsp3) is 0. The quantitative estimate of drug-likeness (QED) is 0.401. The van der Waals surface area contributed by atoms with Gasteiger partial charge in [-0.25, -0.2) is 0 Å². The van der Waals surface area contributed by atoms with E-state index in [-0.39, 0.29) is 0 Å². The van der Waals surface area contributed by atoms with E-state index in [2.05, 4.69) is 9.59 Å². The Balaban J connectivity index is 3.13. The van der Waals surface area contributed by atoms with Gasteiger partial charge in [0.05, 0.1) is 0 Å². The van der Waals surface area contributed by atoms with E-state index in [0.29, 0.717) is 0 Å². The number of nitrogens with zero attached hydrogens (tertiary/aromatic N) is 1. The van der Waals surface area contributed by atoms with Gasteiger partial charge in [0.15, 0.2) is 0 Å². The van der Waals surface area contributed by atoms with Gasteiger partial charge in [-0.3, -0.25) is 0 Å². The molecule has 1 aromatic heterocycles. The second-order valence-electron chi connectivity index (χ2n) is 0.688. The van der Waals surface area contributed by atoms with Crippen LogP contribution in [0.4, 0.5) is 0 Å². The number of rotatable bonds is 0. The summed E-state index contributed by atoms with van der Waals surface area (Å²) < 4.78 is 4.33. The summed E-state index contributed by atoms with van der Waals surface area (Å²) in [4.78, 5) is 0. The molecule has 0 fully saturated rings. The fourth-order valence-corrected chi connectivity index (χ4v) is 0.176. The number of hydrogen-bond acceptors (Lipinski definition) is 2. The van der Waals surface area contributed by atoms with Crippen molar-refractivity contribution in [2.75, 3.05) is 0 Å². The average Bonchev–Trinajstić information content (AvgIpc) is 1.76. The normalized spacial score (nSPS) is 6.40. The molecule has 0 aromatic carbocycles. The number of aromatic nitrogens is 1. The second-order valence-corrected chi connectivity index (χ2v) is 0.688. The summed E-state index contributed by atoms with van der Waals surface area (Å²) in [7, 11) is 1.51. The maximum absolute atomic E-state index is 4.33. The second kappa shape index (κ2) is 1.15. The van der Waals surface area contributed by atoms with Gasteiger partial charge < -0.3 is 0 Å². The molecule has 0 unspecified atom stereocenters. The Labute approximate surface area is 30.6 Å². The van der Waals surface area contributed by atoms with Gasteiger partial charge in [-0.15, -0.1) is 0 Å². The SMILES string of the molecule is b1bonc1. The molecule has 0 aliphatic rings. The van der Waals surface area contributed by atoms with Crippen LogP contribution in [0.15, 0.2) is 10.5 Å². The van der Waals surface area contributed by atoms with Crippen LogP contribution in [0.25, 0.3) is 0 Å². The topological polar surface area (TPSA) is 26.0 Å². The molecule has 1 rings (SSSR count). The molecule has 0 saturated carbocycles. The van der Waals surface area contributed by atoms with Gasteiger partial charge >= 0.3 is 29.5 Å². The molecule has 0 aliphatic heterocycles. The Morgan fingerprint density at radius 2 is 2.80 bits per heavy atom. The zero-order chi connectivity index (χ0) is 3.54. The molecule has 1 aromatic rings. The van der Waals surface area contributed by atoms with Crippen molar-refractivity contribution in [3.05, 3.63) is 6.09 Å². The summed E-state index contributed by atoms with van der Waals surface area (Å²) in [6.45, 7) is 1.72. The van der Waals surface area contributed by atoms with Crippen molar-refractivity contribution in [2.24, 2.45) is 0 Å². The van der Waals surface area contributed by atoms with E-state index in [1.807, 2.05) is 0 Å². The molecule has 0 amide bonds. The van der Waals surface area contributed by atoms with Crippen LogP contribution < -0.4 is 0 Å². The molecule has 0 N–H and O–H groups in total. The van der Waals surface area contributed by atoms with Crippen molar-refractivity contribution in [3.63, 3.8) is 0 Å². The van der Waals surface area contributed by atoms with E-state index in [1.54, 1.807) is 12.9 Å². The predicted molar refractivity (Wildman–Crippen MR) is 19.2 cm³/mol. The summed E-state index contributed by atoms with van der Waals surface area (Å²) in [6, 6.07) is 0. The third-order valence-electron chi connectivity index (χ3n) is 0.347. The molecular weight excluding hydrogens is 63.6 g/mol. The van der Waals surface area contributed by atoms with E-state index < -0.39 is 0 Å². The summed E-state index contributed by atoms with van der Waals surface area (Å²) in [5.74, 6) is 0. The van der Waals surface area contributed by atoms with Crippen molar-refractivity contribution < 1.29 is 4.44 Å². The molecule has 0 atom stereocenters. The maximum atomic E-state index is 4.33. The first-order valence-electron chi connectivity index (χ1n) is 1.34. The molecule has 0 radical (unpaired) electrons. The average molecular weight is 64.6 g/mol. The van der Waals surface area contributed by atoms with Gasteiger partial charge in [-0.1, -0.05) is 0 Å². The molecule has 4 heteroatoms. The van der Waals surface area contributed by atoms with Crippen LogP contribution in [0.5, 0.6) is 0 Å². The van der Waals surface area contributed by atoms with E-state index in [1.165, 1.54) is 7.01 Å². The van der Waals surface area contributed by atoms with E-state index in [0.717, 1.165) is 0 Å². The van der Waals surface area contributed by atoms with Crippen LogP contribution in [0.2, 0.25) is 0 Å². The predicted octanol–water partition coefficient (Wildman–Crippen LogP) is -0.649. The fourth-order valence-electron chi connectivity index (χ4n) is 0.176. The molecule has 0 bridgehead atoms. The first-order chi connectivity index (χ1) is 2.50. The zero-order valence-electron chi connectivity index (χ0n) is 2.59. The molecule has 0 aliphatic carbocycles. The molecule has 5 heavy (non-hydrogen) atoms. The summed E-state index contributed by atoms with van der Waals surface area (Å²) in [6.07, 6.45) is 1.58. The van der Waals surface area contributed by atoms with Crippen LogP contribution in [-0.4, -0.2) is 19.0 Å². The first kappa shape index (κ1) is 2.82. The molecule has 22 valence electrons. The summed E-state index contributed by atoms with van der Waals surface area (Å²) >= 11 is 0. The third-order valence-corrected chi connectivity index (χ3v) is 0.347. The van der Waals surface area contributed by atoms with Crippen LogP contribution in [0, 0.1) is 0 Å². The monoisotopic (exact) mass is 65.0 g/mol. The van der Waals surface area contributed by atoms with Gasteiger partial charge in [0.2, 0.25) is 0 Å². The molecular formula is CHB2NO. The third kappa shape index (κ3) is 0.435. The van der Waals surface area contributed by atoms with Gasteiger partial charge in [0.25, 0.3) is 0 Å². The molecule has 0 saturated heterocycles. The molecule has 2 nitrogen and oxygen atoms in total. The van der Waals surface area contributed by atoms with Crippen LogP contribution in [0.3, 0.4) is 0 Å². The van der Waals surface area contributed by atoms with E-state index >= 15 is 0 Å².